The molecule has 0 aliphatic rings. The highest BCUT2D eigenvalue weighted by atomic mass is 35.5. The first-order valence-corrected chi connectivity index (χ1v) is 7.50. The van der Waals surface area contributed by atoms with E-state index in [1.165, 1.54) is 11.8 Å². The van der Waals surface area contributed by atoms with Crippen molar-refractivity contribution in [3.8, 4) is 0 Å². The summed E-state index contributed by atoms with van der Waals surface area (Å²) in [5.74, 6) is -0.801. The molecule has 0 unspecified atom stereocenters. The summed E-state index contributed by atoms with van der Waals surface area (Å²) in [4.78, 5) is 24.5. The first-order chi connectivity index (χ1) is 10.1. The lowest BCUT2D eigenvalue weighted by molar-refractivity contribution is -0.117. The minimum absolute atomic E-state index is 0.102. The molecule has 21 heavy (non-hydrogen) atoms. The number of amides is 2. The maximum Gasteiger partial charge on any atom is 0.259 e. The fourth-order valence-corrected chi connectivity index (χ4v) is 2.62. The first-order valence-electron chi connectivity index (χ1n) is 6.14. The summed E-state index contributed by atoms with van der Waals surface area (Å²) in [6.07, 6.45) is 0. The van der Waals surface area contributed by atoms with Crippen molar-refractivity contribution in [3.63, 3.8) is 0 Å². The molecule has 0 aliphatic carbocycles. The van der Waals surface area contributed by atoms with Crippen molar-refractivity contribution in [2.45, 2.75) is 4.90 Å². The van der Waals surface area contributed by atoms with Crippen LogP contribution in [0.2, 0.25) is 5.02 Å². The van der Waals surface area contributed by atoms with Gasteiger partial charge in [-0.15, -0.1) is 11.8 Å². The molecule has 0 aliphatic heterocycles. The minimum atomic E-state index is -0.507. The Kier molecular flexibility index (Phi) is 5.25. The Bertz CT molecular complexity index is 676. The third kappa shape index (κ3) is 4.24. The summed E-state index contributed by atoms with van der Waals surface area (Å²) >= 11 is 7.18. The maximum atomic E-state index is 11.9. The van der Waals surface area contributed by atoms with Crippen LogP contribution in [0.5, 0.6) is 0 Å². The first kappa shape index (κ1) is 15.4. The highest BCUT2D eigenvalue weighted by Gasteiger charge is 2.13. The molecule has 6 heteroatoms. The lowest BCUT2D eigenvalue weighted by Gasteiger charge is -2.06. The Hall–Kier alpha value is -1.98. The van der Waals surface area contributed by atoms with Gasteiger partial charge in [0.05, 0.1) is 16.3 Å². The standard InChI is InChI=1S/C15H13ClN2O2S/c16-11-6-2-1-5-10(11)15(20)18-14(19)9-21-13-8-4-3-7-12(13)17/h1-8H,9,17H2,(H,18,19,20). The van der Waals surface area contributed by atoms with E-state index in [0.29, 0.717) is 10.7 Å². The number of hydrogen-bond acceptors (Lipinski definition) is 4. The van der Waals surface area contributed by atoms with Gasteiger partial charge in [-0.05, 0) is 24.3 Å². The van der Waals surface area contributed by atoms with E-state index >= 15 is 0 Å². The number of carbonyl (C=O) groups excluding carboxylic acids is 2. The Morgan fingerprint density at radius 1 is 1.10 bits per heavy atom. The second-order valence-corrected chi connectivity index (χ2v) is 5.61. The van der Waals surface area contributed by atoms with Crippen molar-refractivity contribution in [1.82, 2.24) is 5.32 Å². The number of halogens is 1. The predicted octanol–water partition coefficient (Wildman–Crippen LogP) is 2.97. The van der Waals surface area contributed by atoms with Gasteiger partial charge in [-0.2, -0.15) is 0 Å². The number of benzene rings is 2. The van der Waals surface area contributed by atoms with Crippen molar-refractivity contribution in [2.24, 2.45) is 0 Å². The summed E-state index contributed by atoms with van der Waals surface area (Å²) in [6, 6.07) is 13.8. The molecule has 2 rings (SSSR count). The molecular weight excluding hydrogens is 308 g/mol. The molecule has 2 aromatic rings. The molecule has 108 valence electrons. The van der Waals surface area contributed by atoms with Gasteiger partial charge in [0.15, 0.2) is 0 Å². The van der Waals surface area contributed by atoms with Crippen LogP contribution in [-0.2, 0) is 4.79 Å². The maximum absolute atomic E-state index is 11.9. The lowest BCUT2D eigenvalue weighted by atomic mass is 10.2. The SMILES string of the molecule is Nc1ccccc1SCC(=O)NC(=O)c1ccccc1Cl. The van der Waals surface area contributed by atoms with Gasteiger partial charge in [0.2, 0.25) is 5.91 Å². The van der Waals surface area contributed by atoms with Gasteiger partial charge in [0.25, 0.3) is 5.91 Å². The molecule has 0 saturated heterocycles. The van der Waals surface area contributed by atoms with Crippen LogP contribution in [0.3, 0.4) is 0 Å². The minimum Gasteiger partial charge on any atom is -0.398 e. The van der Waals surface area contributed by atoms with E-state index < -0.39 is 11.8 Å². The zero-order chi connectivity index (χ0) is 15.2. The summed E-state index contributed by atoms with van der Waals surface area (Å²) in [5, 5.41) is 2.61. The van der Waals surface area contributed by atoms with Crippen LogP contribution < -0.4 is 11.1 Å². The van der Waals surface area contributed by atoms with Gasteiger partial charge in [0.1, 0.15) is 0 Å². The highest BCUT2D eigenvalue weighted by Crippen LogP contribution is 2.24. The molecule has 3 N–H and O–H groups in total. The topological polar surface area (TPSA) is 72.2 Å². The monoisotopic (exact) mass is 320 g/mol. The summed E-state index contributed by atoms with van der Waals surface area (Å²) in [7, 11) is 0. The smallest absolute Gasteiger partial charge is 0.259 e. The molecule has 0 fully saturated rings. The Morgan fingerprint density at radius 2 is 1.76 bits per heavy atom. The number of anilines is 1. The van der Waals surface area contributed by atoms with Crippen molar-refractivity contribution in [3.05, 3.63) is 59.1 Å². The largest absolute Gasteiger partial charge is 0.398 e. The van der Waals surface area contributed by atoms with E-state index in [1.807, 2.05) is 18.2 Å². The van der Waals surface area contributed by atoms with Gasteiger partial charge in [0, 0.05) is 10.6 Å². The molecule has 2 amide bonds. The van der Waals surface area contributed by atoms with Crippen LogP contribution in [-0.4, -0.2) is 17.6 Å². The van der Waals surface area contributed by atoms with Gasteiger partial charge in [-0.25, -0.2) is 0 Å². The molecule has 0 bridgehead atoms. The normalized spacial score (nSPS) is 10.1. The molecule has 0 aromatic heterocycles. The highest BCUT2D eigenvalue weighted by molar-refractivity contribution is 8.00. The van der Waals surface area contributed by atoms with Gasteiger partial charge in [-0.1, -0.05) is 35.9 Å². The predicted molar refractivity (Wildman–Crippen MR) is 85.5 cm³/mol. The van der Waals surface area contributed by atoms with E-state index in [1.54, 1.807) is 30.3 Å². The van der Waals surface area contributed by atoms with Gasteiger partial charge >= 0.3 is 0 Å². The average molecular weight is 321 g/mol. The third-order valence-electron chi connectivity index (χ3n) is 2.65. The van der Waals surface area contributed by atoms with Crippen LogP contribution in [0, 0.1) is 0 Å². The molecule has 0 radical (unpaired) electrons. The van der Waals surface area contributed by atoms with Crippen LogP contribution in [0.1, 0.15) is 10.4 Å². The number of nitrogen functional groups attached to an aromatic ring is 1. The molecule has 2 aromatic carbocycles. The summed E-state index contributed by atoms with van der Waals surface area (Å²) < 4.78 is 0. The average Bonchev–Trinajstić information content (AvgIpc) is 2.46. The molecule has 0 heterocycles. The number of thioether (sulfide) groups is 1. The quantitative estimate of drug-likeness (QED) is 0.671. The fourth-order valence-electron chi connectivity index (χ4n) is 1.63. The van der Waals surface area contributed by atoms with Crippen molar-refractivity contribution in [1.29, 1.82) is 0 Å². The van der Waals surface area contributed by atoms with E-state index in [0.717, 1.165) is 4.90 Å². The van der Waals surface area contributed by atoms with Crippen molar-refractivity contribution < 1.29 is 9.59 Å². The Labute approximate surface area is 131 Å². The van der Waals surface area contributed by atoms with E-state index in [2.05, 4.69) is 5.32 Å². The number of hydrogen-bond donors (Lipinski definition) is 2. The zero-order valence-corrected chi connectivity index (χ0v) is 12.6. The van der Waals surface area contributed by atoms with E-state index in [-0.39, 0.29) is 11.3 Å². The van der Waals surface area contributed by atoms with Crippen LogP contribution >= 0.6 is 23.4 Å². The molecule has 0 atom stereocenters. The summed E-state index contributed by atoms with van der Waals surface area (Å²) in [5.41, 5.74) is 6.66. The third-order valence-corrected chi connectivity index (χ3v) is 4.07. The second-order valence-electron chi connectivity index (χ2n) is 4.18. The number of rotatable bonds is 4. The van der Waals surface area contributed by atoms with Crippen LogP contribution in [0.15, 0.2) is 53.4 Å². The van der Waals surface area contributed by atoms with E-state index in [9.17, 15) is 9.59 Å². The Balaban J connectivity index is 1.92. The number of imide groups is 1. The number of nitrogens with two attached hydrogens (primary N) is 1. The lowest BCUT2D eigenvalue weighted by Crippen LogP contribution is -2.32. The molecule has 0 spiro atoms. The molecular formula is C15H13ClN2O2S. The van der Waals surface area contributed by atoms with Gasteiger partial charge < -0.3 is 5.73 Å². The van der Waals surface area contributed by atoms with Crippen LogP contribution in [0.4, 0.5) is 5.69 Å². The molecule has 0 saturated carbocycles. The summed E-state index contributed by atoms with van der Waals surface area (Å²) in [6.45, 7) is 0. The van der Waals surface area contributed by atoms with Gasteiger partial charge in [-0.3, -0.25) is 14.9 Å². The molecule has 4 nitrogen and oxygen atoms in total. The van der Waals surface area contributed by atoms with E-state index in [4.69, 9.17) is 17.3 Å². The Morgan fingerprint density at radius 3 is 2.48 bits per heavy atom. The number of carbonyl (C=O) groups is 2. The number of nitrogens with one attached hydrogen (secondary N) is 1. The van der Waals surface area contributed by atoms with Crippen molar-refractivity contribution in [2.75, 3.05) is 11.5 Å². The number of para-hydroxylation sites is 1. The van der Waals surface area contributed by atoms with Crippen molar-refractivity contribution >= 4 is 40.9 Å². The zero-order valence-electron chi connectivity index (χ0n) is 11.0. The second kappa shape index (κ2) is 7.15. The van der Waals surface area contributed by atoms with Crippen LogP contribution in [0.25, 0.3) is 0 Å². The fraction of sp³-hybridized carbons (Fsp3) is 0.0667.